The van der Waals surface area contributed by atoms with Crippen molar-refractivity contribution in [2.75, 3.05) is 0 Å². The van der Waals surface area contributed by atoms with Crippen molar-refractivity contribution in [3.05, 3.63) is 0 Å². The Hall–Kier alpha value is -0.570. The predicted molar refractivity (Wildman–Crippen MR) is 64.8 cm³/mol. The third kappa shape index (κ3) is 2.57. The van der Waals surface area contributed by atoms with Gasteiger partial charge in [0.2, 0.25) is 5.91 Å². The van der Waals surface area contributed by atoms with E-state index in [0.29, 0.717) is 12.0 Å². The minimum Gasteiger partial charge on any atom is -0.352 e. The van der Waals surface area contributed by atoms with E-state index in [0.717, 1.165) is 18.3 Å². The van der Waals surface area contributed by atoms with Gasteiger partial charge in [-0.15, -0.1) is 0 Å². The van der Waals surface area contributed by atoms with Gasteiger partial charge in [-0.3, -0.25) is 4.79 Å². The number of hydrogen-bond donors (Lipinski definition) is 2. The summed E-state index contributed by atoms with van der Waals surface area (Å²) in [7, 11) is 0. The summed E-state index contributed by atoms with van der Waals surface area (Å²) in [6, 6.07) is 0.101. The molecule has 3 heteroatoms. The van der Waals surface area contributed by atoms with Crippen LogP contribution in [-0.4, -0.2) is 18.0 Å². The maximum atomic E-state index is 11.9. The molecular weight excluding hydrogens is 200 g/mol. The fraction of sp³-hybridized carbons (Fsp3) is 0.923. The molecule has 1 amide bonds. The zero-order chi connectivity index (χ0) is 11.7. The van der Waals surface area contributed by atoms with Gasteiger partial charge in [-0.05, 0) is 43.4 Å². The molecule has 92 valence electrons. The molecule has 2 bridgehead atoms. The Balaban J connectivity index is 1.79. The van der Waals surface area contributed by atoms with Crippen LogP contribution in [0.4, 0.5) is 0 Å². The lowest BCUT2D eigenvalue weighted by molar-refractivity contribution is -0.123. The van der Waals surface area contributed by atoms with Crippen LogP contribution in [0.1, 0.15) is 46.0 Å². The lowest BCUT2D eigenvalue weighted by Crippen LogP contribution is -2.47. The van der Waals surface area contributed by atoms with Gasteiger partial charge in [0, 0.05) is 6.04 Å². The van der Waals surface area contributed by atoms with Gasteiger partial charge in [-0.1, -0.05) is 20.3 Å². The molecule has 3 N–H and O–H groups in total. The molecule has 3 unspecified atom stereocenters. The van der Waals surface area contributed by atoms with Crippen molar-refractivity contribution in [2.24, 2.45) is 23.5 Å². The first-order valence-electron chi connectivity index (χ1n) is 6.62. The third-order valence-corrected chi connectivity index (χ3v) is 4.13. The standard InChI is InChI=1S/C13H24N2O/c1-8(2)5-11(14)13(16)15-12-7-9-3-4-10(12)6-9/h8-12H,3-7,14H2,1-2H3,(H,15,16)/t9?,10?,11-,12?/m1/s1. The highest BCUT2D eigenvalue weighted by atomic mass is 16.2. The van der Waals surface area contributed by atoms with E-state index >= 15 is 0 Å². The van der Waals surface area contributed by atoms with E-state index in [-0.39, 0.29) is 11.9 Å². The molecule has 0 aromatic rings. The fourth-order valence-corrected chi connectivity index (χ4v) is 3.33. The van der Waals surface area contributed by atoms with Crippen molar-refractivity contribution >= 4 is 5.91 Å². The Morgan fingerprint density at radius 2 is 2.12 bits per heavy atom. The van der Waals surface area contributed by atoms with Gasteiger partial charge in [-0.2, -0.15) is 0 Å². The Kier molecular flexibility index (Phi) is 3.53. The summed E-state index contributed by atoms with van der Waals surface area (Å²) in [6.45, 7) is 4.20. The minimum absolute atomic E-state index is 0.0613. The molecule has 2 aliphatic carbocycles. The summed E-state index contributed by atoms with van der Waals surface area (Å²) >= 11 is 0. The summed E-state index contributed by atoms with van der Waals surface area (Å²) in [4.78, 5) is 11.9. The van der Waals surface area contributed by atoms with Gasteiger partial charge < -0.3 is 11.1 Å². The highest BCUT2D eigenvalue weighted by molar-refractivity contribution is 5.81. The molecule has 2 aliphatic rings. The molecule has 2 saturated carbocycles. The van der Waals surface area contributed by atoms with E-state index in [1.165, 1.54) is 25.7 Å². The number of carbonyl (C=O) groups is 1. The molecule has 0 aliphatic heterocycles. The van der Waals surface area contributed by atoms with E-state index in [9.17, 15) is 4.79 Å². The van der Waals surface area contributed by atoms with Crippen LogP contribution in [-0.2, 0) is 4.79 Å². The summed E-state index contributed by atoms with van der Waals surface area (Å²) in [5.41, 5.74) is 5.88. The number of amides is 1. The van der Waals surface area contributed by atoms with Crippen molar-refractivity contribution in [1.29, 1.82) is 0 Å². The topological polar surface area (TPSA) is 55.1 Å². The average Bonchev–Trinajstić information content (AvgIpc) is 2.77. The van der Waals surface area contributed by atoms with Gasteiger partial charge in [0.25, 0.3) is 0 Å². The molecule has 2 rings (SSSR count). The average molecular weight is 224 g/mol. The highest BCUT2D eigenvalue weighted by Gasteiger charge is 2.40. The van der Waals surface area contributed by atoms with Gasteiger partial charge in [0.15, 0.2) is 0 Å². The van der Waals surface area contributed by atoms with Crippen LogP contribution in [0.3, 0.4) is 0 Å². The number of fused-ring (bicyclic) bond motifs is 2. The van der Waals surface area contributed by atoms with Gasteiger partial charge >= 0.3 is 0 Å². The molecule has 0 radical (unpaired) electrons. The number of nitrogens with two attached hydrogens (primary N) is 1. The fourth-order valence-electron chi connectivity index (χ4n) is 3.33. The maximum absolute atomic E-state index is 11.9. The summed E-state index contributed by atoms with van der Waals surface area (Å²) in [6.07, 6.45) is 5.96. The highest BCUT2D eigenvalue weighted by Crippen LogP contribution is 2.44. The zero-order valence-electron chi connectivity index (χ0n) is 10.4. The molecule has 16 heavy (non-hydrogen) atoms. The van der Waals surface area contributed by atoms with Gasteiger partial charge in [0.1, 0.15) is 0 Å². The van der Waals surface area contributed by atoms with Crippen LogP contribution in [0, 0.1) is 17.8 Å². The van der Waals surface area contributed by atoms with Crippen LogP contribution in [0.25, 0.3) is 0 Å². The Morgan fingerprint density at radius 3 is 2.62 bits per heavy atom. The van der Waals surface area contributed by atoms with E-state index in [1.54, 1.807) is 0 Å². The molecule has 0 saturated heterocycles. The van der Waals surface area contributed by atoms with Gasteiger partial charge in [-0.25, -0.2) is 0 Å². The first kappa shape index (κ1) is 11.9. The van der Waals surface area contributed by atoms with Crippen molar-refractivity contribution in [3.63, 3.8) is 0 Å². The van der Waals surface area contributed by atoms with E-state index in [2.05, 4.69) is 19.2 Å². The van der Waals surface area contributed by atoms with E-state index < -0.39 is 0 Å². The third-order valence-electron chi connectivity index (χ3n) is 4.13. The largest absolute Gasteiger partial charge is 0.352 e. The summed E-state index contributed by atoms with van der Waals surface area (Å²) in [5.74, 6) is 2.16. The number of rotatable bonds is 4. The van der Waals surface area contributed by atoms with Crippen molar-refractivity contribution in [2.45, 2.75) is 58.0 Å². The summed E-state index contributed by atoms with van der Waals surface area (Å²) in [5, 5.41) is 3.15. The first-order valence-corrected chi connectivity index (χ1v) is 6.62. The quantitative estimate of drug-likeness (QED) is 0.763. The molecule has 0 aromatic heterocycles. The van der Waals surface area contributed by atoms with Crippen molar-refractivity contribution in [3.8, 4) is 0 Å². The second-order valence-electron chi connectivity index (χ2n) is 6.03. The van der Waals surface area contributed by atoms with Crippen LogP contribution < -0.4 is 11.1 Å². The second-order valence-corrected chi connectivity index (χ2v) is 6.03. The smallest absolute Gasteiger partial charge is 0.237 e. The van der Waals surface area contributed by atoms with Crippen LogP contribution in [0.2, 0.25) is 0 Å². The normalized spacial score (nSPS) is 34.4. The van der Waals surface area contributed by atoms with E-state index in [1.807, 2.05) is 0 Å². The van der Waals surface area contributed by atoms with E-state index in [4.69, 9.17) is 5.73 Å². The monoisotopic (exact) mass is 224 g/mol. The first-order chi connectivity index (χ1) is 7.56. The molecular formula is C13H24N2O. The van der Waals surface area contributed by atoms with Crippen molar-refractivity contribution < 1.29 is 4.79 Å². The molecule has 3 nitrogen and oxygen atoms in total. The Morgan fingerprint density at radius 1 is 1.38 bits per heavy atom. The molecule has 4 atom stereocenters. The number of hydrogen-bond acceptors (Lipinski definition) is 2. The predicted octanol–water partition coefficient (Wildman–Crippen LogP) is 1.66. The lowest BCUT2D eigenvalue weighted by atomic mass is 9.94. The minimum atomic E-state index is -0.320. The number of carbonyl (C=O) groups excluding carboxylic acids is 1. The Bertz CT molecular complexity index is 265. The molecule has 0 spiro atoms. The summed E-state index contributed by atoms with van der Waals surface area (Å²) < 4.78 is 0. The molecule has 0 heterocycles. The number of nitrogens with one attached hydrogen (secondary N) is 1. The molecule has 2 fully saturated rings. The zero-order valence-corrected chi connectivity index (χ0v) is 10.4. The van der Waals surface area contributed by atoms with Crippen molar-refractivity contribution in [1.82, 2.24) is 5.32 Å². The lowest BCUT2D eigenvalue weighted by Gasteiger charge is -2.25. The second kappa shape index (κ2) is 4.74. The Labute approximate surface area is 98.2 Å². The van der Waals surface area contributed by atoms with Gasteiger partial charge in [0.05, 0.1) is 6.04 Å². The SMILES string of the molecule is CC(C)C[C@@H](N)C(=O)NC1CC2CCC1C2. The van der Waals surface area contributed by atoms with Crippen LogP contribution >= 0.6 is 0 Å². The maximum Gasteiger partial charge on any atom is 0.237 e. The molecule has 0 aromatic carbocycles. The van der Waals surface area contributed by atoms with Crippen LogP contribution in [0.5, 0.6) is 0 Å². The van der Waals surface area contributed by atoms with Crippen LogP contribution in [0.15, 0.2) is 0 Å².